The van der Waals surface area contributed by atoms with Crippen molar-refractivity contribution in [3.63, 3.8) is 0 Å². The van der Waals surface area contributed by atoms with Crippen molar-refractivity contribution in [1.82, 2.24) is 0 Å². The van der Waals surface area contributed by atoms with Gasteiger partial charge in [0.25, 0.3) is 12.1 Å². The van der Waals surface area contributed by atoms with Crippen LogP contribution in [0.1, 0.15) is 0 Å². The maximum Gasteiger partial charge on any atom is 0.265 e. The normalized spacial score (nSPS) is 35.8. The fourth-order valence-electron chi connectivity index (χ4n) is 0.304. The van der Waals surface area contributed by atoms with E-state index in [2.05, 4.69) is 4.40 Å². The summed E-state index contributed by atoms with van der Waals surface area (Å²) in [5.41, 5.74) is 0. The lowest BCUT2D eigenvalue weighted by molar-refractivity contribution is -0.906. The third kappa shape index (κ3) is 1.31. The van der Waals surface area contributed by atoms with Crippen LogP contribution >= 0.6 is 12.1 Å². The van der Waals surface area contributed by atoms with Crippen LogP contribution in [-0.4, -0.2) is 15.6 Å². The van der Waals surface area contributed by atoms with Crippen molar-refractivity contribution in [1.29, 1.82) is 0 Å². The fraction of sp³-hybridized carbons (Fsp3) is 0. The third-order valence-electron chi connectivity index (χ3n) is 0.586. The summed E-state index contributed by atoms with van der Waals surface area (Å²) in [6, 6.07) is 0. The van der Waals surface area contributed by atoms with Crippen molar-refractivity contribution < 1.29 is 9.42 Å². The predicted molar refractivity (Wildman–Crippen MR) is 30.6 cm³/mol. The zero-order valence-corrected chi connectivity index (χ0v) is 4.71. The molecule has 1 rings (SSSR count). The van der Waals surface area contributed by atoms with E-state index in [1.165, 1.54) is 12.3 Å². The lowest BCUT2D eigenvalue weighted by Gasteiger charge is -2.23. The zero-order chi connectivity index (χ0) is 6.04. The molecule has 5 heteroatoms. The van der Waals surface area contributed by atoms with Crippen molar-refractivity contribution in [3.8, 4) is 0 Å². The van der Waals surface area contributed by atoms with Crippen LogP contribution in [0.2, 0.25) is 0 Å². The van der Waals surface area contributed by atoms with Gasteiger partial charge in [-0.25, -0.2) is 0 Å². The molecule has 0 aliphatic carbocycles. The summed E-state index contributed by atoms with van der Waals surface area (Å²) < 4.78 is 1.98. The van der Waals surface area contributed by atoms with Gasteiger partial charge in [0.1, 0.15) is 6.20 Å². The van der Waals surface area contributed by atoms with Crippen molar-refractivity contribution in [3.05, 3.63) is 17.5 Å². The first-order chi connectivity index (χ1) is 3.71. The van der Waals surface area contributed by atoms with Gasteiger partial charge in [-0.2, -0.15) is 9.60 Å². The second-order valence-corrected chi connectivity index (χ2v) is 2.14. The van der Waals surface area contributed by atoms with Crippen LogP contribution in [0.25, 0.3) is 0 Å². The first-order valence-electron chi connectivity index (χ1n) is 1.93. The Labute approximate surface area is 50.5 Å². The van der Waals surface area contributed by atoms with E-state index in [-0.39, 0.29) is 0 Å². The van der Waals surface area contributed by atoms with Gasteiger partial charge in [-0.3, -0.25) is 0 Å². The maximum absolute atomic E-state index is 10.4. The summed E-state index contributed by atoms with van der Waals surface area (Å²) in [5.74, 6) is 0. The molecule has 1 aliphatic heterocycles. The molecule has 1 unspecified atom stereocenters. The van der Waals surface area contributed by atoms with E-state index >= 15 is 0 Å². The van der Waals surface area contributed by atoms with Crippen LogP contribution in [0.15, 0.2) is 16.7 Å². The highest BCUT2D eigenvalue weighted by atomic mass is 32.2. The fourth-order valence-corrected chi connectivity index (χ4v) is 0.689. The molecule has 1 N–H and O–H groups in total. The van der Waals surface area contributed by atoms with E-state index < -0.39 is 4.21 Å². The predicted octanol–water partition coefficient (Wildman–Crippen LogP) is 0.851. The average Bonchev–Trinajstić information content (AvgIpc) is 1.65. The molecule has 4 nitrogen and oxygen atoms in total. The standard InChI is InChI=1S/C3H4N2O2S/c6-5(7)3-1-2-4-8-5/h1-3,6H. The van der Waals surface area contributed by atoms with Gasteiger partial charge in [-0.05, 0) is 0 Å². The SMILES string of the molecule is [O-][N+]1(O)C=CC=NS1. The Morgan fingerprint density at radius 1 is 1.75 bits per heavy atom. The number of rotatable bonds is 0. The minimum absolute atomic E-state index is 0.541. The summed E-state index contributed by atoms with van der Waals surface area (Å²) >= 11 is 0.541. The monoisotopic (exact) mass is 132 g/mol. The average molecular weight is 132 g/mol. The van der Waals surface area contributed by atoms with Gasteiger partial charge < -0.3 is 5.21 Å². The van der Waals surface area contributed by atoms with Crippen LogP contribution in [0.5, 0.6) is 0 Å². The van der Waals surface area contributed by atoms with Gasteiger partial charge in [-0.1, -0.05) is 0 Å². The van der Waals surface area contributed by atoms with Gasteiger partial charge in [0, 0.05) is 12.3 Å². The lowest BCUT2D eigenvalue weighted by atomic mass is 10.7. The maximum atomic E-state index is 10.4. The van der Waals surface area contributed by atoms with Gasteiger partial charge in [0.15, 0.2) is 0 Å². The van der Waals surface area contributed by atoms with Crippen molar-refractivity contribution in [2.45, 2.75) is 0 Å². The molecule has 44 valence electrons. The number of hydrogen-bond donors (Lipinski definition) is 1. The van der Waals surface area contributed by atoms with Crippen LogP contribution in [0, 0.1) is 5.21 Å². The van der Waals surface area contributed by atoms with E-state index in [1.807, 2.05) is 0 Å². The lowest BCUT2D eigenvalue weighted by Crippen LogP contribution is -2.22. The first-order valence-corrected chi connectivity index (χ1v) is 2.66. The molecule has 0 aromatic rings. The zero-order valence-electron chi connectivity index (χ0n) is 3.89. The Kier molecular flexibility index (Phi) is 1.35. The van der Waals surface area contributed by atoms with E-state index in [0.29, 0.717) is 12.1 Å². The van der Waals surface area contributed by atoms with Crippen LogP contribution in [0.3, 0.4) is 0 Å². The van der Waals surface area contributed by atoms with Crippen molar-refractivity contribution >= 4 is 18.3 Å². The van der Waals surface area contributed by atoms with Gasteiger partial charge >= 0.3 is 0 Å². The van der Waals surface area contributed by atoms with Crippen LogP contribution in [0.4, 0.5) is 0 Å². The molecule has 1 heterocycles. The molecule has 0 bridgehead atoms. The number of quaternary nitrogens is 1. The number of nitrogens with zero attached hydrogens (tertiary/aromatic N) is 2. The summed E-state index contributed by atoms with van der Waals surface area (Å²) in [7, 11) is 0. The molecule has 0 radical (unpaired) electrons. The van der Waals surface area contributed by atoms with Crippen molar-refractivity contribution in [2.24, 2.45) is 4.40 Å². The Morgan fingerprint density at radius 2 is 2.50 bits per heavy atom. The molecular weight excluding hydrogens is 128 g/mol. The Morgan fingerprint density at radius 3 is 2.75 bits per heavy atom. The second kappa shape index (κ2) is 1.87. The highest BCUT2D eigenvalue weighted by Gasteiger charge is 2.12. The molecule has 8 heavy (non-hydrogen) atoms. The largest absolute Gasteiger partial charge is 0.580 e. The molecule has 1 atom stereocenters. The number of hydroxylamine groups is 2. The van der Waals surface area contributed by atoms with E-state index in [1.54, 1.807) is 0 Å². The molecule has 0 fully saturated rings. The Balaban J connectivity index is 2.65. The second-order valence-electron chi connectivity index (χ2n) is 1.24. The van der Waals surface area contributed by atoms with Gasteiger partial charge in [0.2, 0.25) is 0 Å². The molecule has 0 spiro atoms. The molecular formula is C3H4N2O2S. The molecule has 0 aromatic heterocycles. The highest BCUT2D eigenvalue weighted by Crippen LogP contribution is 2.20. The Hall–Kier alpha value is -0.360. The Bertz CT molecular complexity index is 142. The third-order valence-corrected chi connectivity index (χ3v) is 1.16. The van der Waals surface area contributed by atoms with E-state index in [4.69, 9.17) is 5.21 Å². The first kappa shape index (κ1) is 5.77. The summed E-state index contributed by atoms with van der Waals surface area (Å²) in [4.78, 5) is 0. The quantitative estimate of drug-likeness (QED) is 0.302. The minimum Gasteiger partial charge on any atom is -0.580 e. The summed E-state index contributed by atoms with van der Waals surface area (Å²) in [5, 5.41) is 18.9. The van der Waals surface area contributed by atoms with E-state index in [0.717, 1.165) is 6.20 Å². The topological polar surface area (TPSA) is 55.6 Å². The highest BCUT2D eigenvalue weighted by molar-refractivity contribution is 7.92. The minimum atomic E-state index is -1.46. The molecule has 1 aliphatic rings. The molecule has 0 amide bonds. The number of hydrogen-bond acceptors (Lipinski definition) is 4. The molecule has 0 saturated heterocycles. The van der Waals surface area contributed by atoms with Gasteiger partial charge in [-0.15, -0.1) is 4.21 Å². The summed E-state index contributed by atoms with van der Waals surface area (Å²) in [6.45, 7) is 0. The molecule has 0 saturated carbocycles. The smallest absolute Gasteiger partial charge is 0.265 e. The van der Waals surface area contributed by atoms with Crippen LogP contribution < -0.4 is 0 Å². The van der Waals surface area contributed by atoms with Crippen LogP contribution in [-0.2, 0) is 0 Å². The summed E-state index contributed by atoms with van der Waals surface area (Å²) in [6.07, 6.45) is 3.91. The van der Waals surface area contributed by atoms with Crippen molar-refractivity contribution in [2.75, 3.05) is 0 Å². The van der Waals surface area contributed by atoms with Gasteiger partial charge in [0.05, 0.1) is 0 Å². The van der Waals surface area contributed by atoms with E-state index in [9.17, 15) is 5.21 Å². The number of allylic oxidation sites excluding steroid dienone is 1. The molecule has 0 aromatic carbocycles.